The molecule has 1 fully saturated rings. The number of nitrogens with two attached hydrogens (primary N) is 1. The monoisotopic (exact) mass is 700 g/mol. The summed E-state index contributed by atoms with van der Waals surface area (Å²) in [4.78, 5) is 47.1. The lowest BCUT2D eigenvalue weighted by molar-refractivity contribution is -0.144. The van der Waals surface area contributed by atoms with Crippen LogP contribution in [0.4, 0.5) is 4.79 Å². The molecule has 47 heavy (non-hydrogen) atoms. The van der Waals surface area contributed by atoms with Crippen LogP contribution in [0.25, 0.3) is 0 Å². The van der Waals surface area contributed by atoms with E-state index in [9.17, 15) is 44.7 Å². The molecule has 0 radical (unpaired) electrons. The molecule has 0 spiro atoms. The zero-order valence-electron chi connectivity index (χ0n) is 26.6. The fraction of sp³-hybridized carbons (Fsp3) is 0.515. The van der Waals surface area contributed by atoms with Crippen LogP contribution in [0.5, 0.6) is 0 Å². The third kappa shape index (κ3) is 15.5. The van der Waals surface area contributed by atoms with Gasteiger partial charge in [0.1, 0.15) is 17.6 Å². The van der Waals surface area contributed by atoms with Gasteiger partial charge in [0.2, 0.25) is 5.91 Å². The van der Waals surface area contributed by atoms with Crippen molar-refractivity contribution in [3.05, 3.63) is 71.4 Å². The van der Waals surface area contributed by atoms with E-state index in [0.717, 1.165) is 5.57 Å². The lowest BCUT2D eigenvalue weighted by Crippen LogP contribution is -2.47. The first-order valence-electron chi connectivity index (χ1n) is 15.2. The van der Waals surface area contributed by atoms with Gasteiger partial charge in [0.25, 0.3) is 0 Å². The maximum absolute atomic E-state index is 12.6. The second-order valence-electron chi connectivity index (χ2n) is 11.2. The fourth-order valence-electron chi connectivity index (χ4n) is 4.58. The van der Waals surface area contributed by atoms with Crippen LogP contribution in [-0.2, 0) is 19.1 Å². The molecule has 12 nitrogen and oxygen atoms in total. The minimum Gasteiger partial charge on any atom is -0.481 e. The zero-order chi connectivity index (χ0) is 35.7. The number of hydrogen-bond acceptors (Lipinski definition) is 9. The van der Waals surface area contributed by atoms with Crippen molar-refractivity contribution in [2.24, 2.45) is 17.6 Å². The van der Waals surface area contributed by atoms with Gasteiger partial charge in [-0.3, -0.25) is 14.4 Å². The van der Waals surface area contributed by atoms with Crippen molar-refractivity contribution >= 4 is 47.0 Å². The predicted octanol–water partition coefficient (Wildman–Crippen LogP) is 3.17. The Morgan fingerprint density at radius 3 is 2.30 bits per heavy atom. The number of ketones is 1. The number of aliphatic carboxylic acids is 1. The van der Waals surface area contributed by atoms with Gasteiger partial charge in [-0.25, -0.2) is 4.79 Å². The minimum atomic E-state index is -1.88. The molecule has 1 aliphatic carbocycles. The summed E-state index contributed by atoms with van der Waals surface area (Å²) in [5, 5.41) is 52.1. The number of hydrogen-bond donors (Lipinski definition) is 7. The van der Waals surface area contributed by atoms with Crippen LogP contribution in [0.15, 0.2) is 71.4 Å². The molecule has 14 heteroatoms. The number of carboxylic acid groups (broad SMARTS) is 1. The number of aliphatic hydroxyl groups is 4. The summed E-state index contributed by atoms with van der Waals surface area (Å²) in [6.07, 6.45) is 8.47. The van der Waals surface area contributed by atoms with Crippen molar-refractivity contribution < 1.29 is 49.4 Å². The van der Waals surface area contributed by atoms with Crippen molar-refractivity contribution in [3.63, 3.8) is 0 Å². The van der Waals surface area contributed by atoms with Crippen molar-refractivity contribution in [2.45, 2.75) is 94.8 Å². The summed E-state index contributed by atoms with van der Waals surface area (Å²) in [6.45, 7) is 5.14. The number of primary amides is 1. The number of aliphatic hydroxyl groups excluding tert-OH is 4. The predicted molar refractivity (Wildman–Crippen MR) is 178 cm³/mol. The topological polar surface area (TPSA) is 217 Å². The van der Waals surface area contributed by atoms with E-state index in [2.05, 4.69) is 5.32 Å². The van der Waals surface area contributed by atoms with Crippen LogP contribution in [0.2, 0.25) is 0 Å². The van der Waals surface area contributed by atoms with E-state index in [1.807, 2.05) is 6.92 Å². The number of nitrogens with one attached hydrogen (secondary N) is 1. The molecular weight excluding hydrogens is 655 g/mol. The van der Waals surface area contributed by atoms with Gasteiger partial charge in [-0.1, -0.05) is 73.6 Å². The highest BCUT2D eigenvalue weighted by molar-refractivity contribution is 6.30. The number of alkyl halides is 1. The standard InChI is InChI=1S/C33H46Cl2N2O10/c1-4-5-13-27(47-33(36)46)29(35)25(39)18-26(40)31(43)30(42)20(3)22(34)12-8-6-10-19(2)11-7-9-14-28(41)37-23-17-21(32(44)45)15-16-24(23)38/h5-14,20-21,23-25,27,29-31,38-39,42-43H,4,15-18H2,1-3H3,(H2,36,46)(H,37,41)(H,44,45)/b8-6+,11-7+,13-5+,14-9+,19-10+,22-12-/t20-,21-,23-,24+,25-,27-,29+,30-,31-/m1/s1. The highest BCUT2D eigenvalue weighted by Gasteiger charge is 2.35. The first-order valence-corrected chi connectivity index (χ1v) is 16.0. The largest absolute Gasteiger partial charge is 0.481 e. The van der Waals surface area contributed by atoms with E-state index < -0.39 is 83.9 Å². The first-order chi connectivity index (χ1) is 22.1. The van der Waals surface area contributed by atoms with Crippen molar-refractivity contribution in [2.75, 3.05) is 0 Å². The molecule has 0 aromatic heterocycles. The van der Waals surface area contributed by atoms with Gasteiger partial charge >= 0.3 is 12.1 Å². The molecule has 0 aromatic carbocycles. The highest BCUT2D eigenvalue weighted by Crippen LogP contribution is 2.25. The van der Waals surface area contributed by atoms with Gasteiger partial charge in [0.05, 0.1) is 30.3 Å². The second-order valence-corrected chi connectivity index (χ2v) is 12.2. The van der Waals surface area contributed by atoms with Gasteiger partial charge < -0.3 is 41.3 Å². The number of halogens is 2. The van der Waals surface area contributed by atoms with Crippen LogP contribution >= 0.6 is 23.2 Å². The molecule has 0 heterocycles. The summed E-state index contributed by atoms with van der Waals surface area (Å²) in [6, 6.07) is -0.626. The lowest BCUT2D eigenvalue weighted by atomic mass is 9.84. The number of rotatable bonds is 18. The summed E-state index contributed by atoms with van der Waals surface area (Å²) in [7, 11) is 0. The molecule has 0 aliphatic heterocycles. The van der Waals surface area contributed by atoms with Crippen molar-refractivity contribution in [1.29, 1.82) is 0 Å². The Labute approximate surface area is 285 Å². The number of carbonyl (C=O) groups is 4. The van der Waals surface area contributed by atoms with Crippen molar-refractivity contribution in [1.82, 2.24) is 5.32 Å². The molecular formula is C33H46Cl2N2O10. The molecule has 1 saturated carbocycles. The highest BCUT2D eigenvalue weighted by atomic mass is 35.5. The van der Waals surface area contributed by atoms with Gasteiger partial charge in [-0.2, -0.15) is 0 Å². The third-order valence-corrected chi connectivity index (χ3v) is 8.45. The third-order valence-electron chi connectivity index (χ3n) is 7.44. The van der Waals surface area contributed by atoms with Gasteiger partial charge in [-0.05, 0) is 44.8 Å². The number of ether oxygens (including phenoxy) is 1. The number of carbonyl (C=O) groups excluding carboxylic acids is 3. The molecule has 0 saturated heterocycles. The van der Waals surface area contributed by atoms with E-state index >= 15 is 0 Å². The molecule has 0 aromatic rings. The summed E-state index contributed by atoms with van der Waals surface area (Å²) in [5.41, 5.74) is 5.85. The average Bonchev–Trinajstić information content (AvgIpc) is 3.02. The molecule has 8 N–H and O–H groups in total. The molecule has 9 atom stereocenters. The summed E-state index contributed by atoms with van der Waals surface area (Å²) >= 11 is 12.5. The molecule has 0 bridgehead atoms. The van der Waals surface area contributed by atoms with Crippen LogP contribution in [0.3, 0.4) is 0 Å². The number of allylic oxidation sites excluding steroid dienone is 9. The van der Waals surface area contributed by atoms with Gasteiger partial charge in [0, 0.05) is 23.4 Å². The lowest BCUT2D eigenvalue weighted by Gasteiger charge is -2.31. The van der Waals surface area contributed by atoms with Crippen LogP contribution in [0.1, 0.15) is 52.9 Å². The van der Waals surface area contributed by atoms with Gasteiger partial charge in [0.15, 0.2) is 5.78 Å². The smallest absolute Gasteiger partial charge is 0.405 e. The molecule has 0 unspecified atom stereocenters. The average molecular weight is 702 g/mol. The SMILES string of the molecule is CC/C=C/[C@@H](OC(N)=O)[C@@H](Cl)[C@H](O)CC(=O)[C@@H](O)[C@H](O)[C@H](C)/C(Cl)=C/C=C/C=C(C)/C=C/C=C/C(=O)N[C@@H]1C[C@H](C(=O)O)CC[C@@H]1O. The Balaban J connectivity index is 2.66. The minimum absolute atomic E-state index is 0.143. The maximum Gasteiger partial charge on any atom is 0.405 e. The molecule has 1 rings (SSSR count). The Hall–Kier alpha value is -3.26. The zero-order valence-corrected chi connectivity index (χ0v) is 28.1. The van der Waals surface area contributed by atoms with E-state index in [0.29, 0.717) is 19.3 Å². The number of Topliss-reactive ketones (excluding diaryl/α,β-unsaturated/α-hetero) is 1. The Morgan fingerprint density at radius 1 is 1.04 bits per heavy atom. The second kappa shape index (κ2) is 21.6. The normalized spacial score (nSPS) is 23.5. The van der Waals surface area contributed by atoms with Crippen LogP contribution < -0.4 is 11.1 Å². The Morgan fingerprint density at radius 2 is 1.68 bits per heavy atom. The summed E-state index contributed by atoms with van der Waals surface area (Å²) < 4.78 is 4.88. The summed E-state index contributed by atoms with van der Waals surface area (Å²) in [5.74, 6) is -3.74. The Kier molecular flexibility index (Phi) is 19.2. The molecule has 2 amide bonds. The van der Waals surface area contributed by atoms with E-state index in [1.165, 1.54) is 31.2 Å². The quantitative estimate of drug-likeness (QED) is 0.0479. The van der Waals surface area contributed by atoms with E-state index in [-0.39, 0.29) is 11.5 Å². The van der Waals surface area contributed by atoms with Crippen LogP contribution in [-0.4, -0.2) is 91.2 Å². The Bertz CT molecular complexity index is 1250. The fourth-order valence-corrected chi connectivity index (χ4v) is 5.00. The number of amides is 2. The van der Waals surface area contributed by atoms with Crippen LogP contribution in [0, 0.1) is 11.8 Å². The van der Waals surface area contributed by atoms with Crippen molar-refractivity contribution in [3.8, 4) is 0 Å². The maximum atomic E-state index is 12.6. The van der Waals surface area contributed by atoms with E-state index in [1.54, 1.807) is 43.4 Å². The molecule has 1 aliphatic rings. The van der Waals surface area contributed by atoms with E-state index in [4.69, 9.17) is 33.7 Å². The first kappa shape index (κ1) is 41.8. The van der Waals surface area contributed by atoms with Gasteiger partial charge in [-0.15, -0.1) is 11.6 Å². The number of carboxylic acids is 1. The molecule has 262 valence electrons.